The highest BCUT2D eigenvalue weighted by Gasteiger charge is 2.22. The van der Waals surface area contributed by atoms with Crippen LogP contribution < -0.4 is 5.73 Å². The maximum atomic E-state index is 13.2. The van der Waals surface area contributed by atoms with Gasteiger partial charge in [0.15, 0.2) is 0 Å². The fraction of sp³-hybridized carbons (Fsp3) is 0.500. The third-order valence-corrected chi connectivity index (χ3v) is 4.06. The number of benzene rings is 1. The number of aliphatic hydroxyl groups is 1. The summed E-state index contributed by atoms with van der Waals surface area (Å²) in [5.41, 5.74) is 4.88. The minimum atomic E-state index is -0.664. The molecule has 0 heterocycles. The molecule has 0 atom stereocenters. The van der Waals surface area contributed by atoms with Crippen LogP contribution in [-0.4, -0.2) is 16.5 Å². The smallest absolute Gasteiger partial charge is 0.147 e. The van der Waals surface area contributed by atoms with Crippen molar-refractivity contribution in [3.63, 3.8) is 0 Å². The quantitative estimate of drug-likeness (QED) is 0.617. The monoisotopic (exact) mass is 243 g/mol. The Kier molecular flexibility index (Phi) is 4.62. The van der Waals surface area contributed by atoms with Crippen LogP contribution in [0.1, 0.15) is 26.7 Å². The molecule has 1 aromatic rings. The zero-order chi connectivity index (χ0) is 12.2. The highest BCUT2D eigenvalue weighted by molar-refractivity contribution is 7.99. The molecule has 0 unspecified atom stereocenters. The molecule has 0 aliphatic heterocycles. The fourth-order valence-corrected chi connectivity index (χ4v) is 2.46. The van der Waals surface area contributed by atoms with E-state index in [1.165, 1.54) is 17.8 Å². The van der Waals surface area contributed by atoms with E-state index in [9.17, 15) is 9.50 Å². The SMILES string of the molecule is CCC(O)(CC)CSc1ccc(N)c(F)c1. The van der Waals surface area contributed by atoms with Gasteiger partial charge in [0.05, 0.1) is 11.3 Å². The zero-order valence-corrected chi connectivity index (χ0v) is 10.5. The van der Waals surface area contributed by atoms with Gasteiger partial charge in [0.2, 0.25) is 0 Å². The number of rotatable bonds is 5. The molecule has 1 rings (SSSR count). The Morgan fingerprint density at radius 2 is 2.00 bits per heavy atom. The van der Waals surface area contributed by atoms with Gasteiger partial charge in [0.25, 0.3) is 0 Å². The van der Waals surface area contributed by atoms with Gasteiger partial charge in [0, 0.05) is 10.6 Å². The first-order chi connectivity index (χ1) is 7.50. The number of nitrogens with two attached hydrogens (primary N) is 1. The van der Waals surface area contributed by atoms with Gasteiger partial charge in [-0.15, -0.1) is 11.8 Å². The van der Waals surface area contributed by atoms with Gasteiger partial charge in [-0.3, -0.25) is 0 Å². The van der Waals surface area contributed by atoms with Crippen molar-refractivity contribution >= 4 is 17.4 Å². The van der Waals surface area contributed by atoms with Crippen LogP contribution in [0.5, 0.6) is 0 Å². The molecule has 0 aromatic heterocycles. The molecule has 0 saturated carbocycles. The molecule has 0 saturated heterocycles. The molecule has 0 amide bonds. The normalized spacial score (nSPS) is 11.8. The molecule has 0 radical (unpaired) electrons. The molecule has 1 aromatic carbocycles. The van der Waals surface area contributed by atoms with Gasteiger partial charge in [-0.1, -0.05) is 13.8 Å². The highest BCUT2D eigenvalue weighted by atomic mass is 32.2. The minimum Gasteiger partial charge on any atom is -0.396 e. The van der Waals surface area contributed by atoms with Crippen LogP contribution in [-0.2, 0) is 0 Å². The van der Waals surface area contributed by atoms with E-state index < -0.39 is 11.4 Å². The van der Waals surface area contributed by atoms with Crippen LogP contribution in [0.3, 0.4) is 0 Å². The lowest BCUT2D eigenvalue weighted by atomic mass is 10.0. The molecular formula is C12H18FNOS. The summed E-state index contributed by atoms with van der Waals surface area (Å²) < 4.78 is 13.2. The number of anilines is 1. The average Bonchev–Trinajstić information content (AvgIpc) is 2.30. The lowest BCUT2D eigenvalue weighted by Crippen LogP contribution is -2.29. The van der Waals surface area contributed by atoms with E-state index in [4.69, 9.17) is 5.73 Å². The van der Waals surface area contributed by atoms with Crippen molar-refractivity contribution in [3.8, 4) is 0 Å². The third-order valence-electron chi connectivity index (χ3n) is 2.80. The molecule has 2 nitrogen and oxygen atoms in total. The van der Waals surface area contributed by atoms with Crippen molar-refractivity contribution in [3.05, 3.63) is 24.0 Å². The van der Waals surface area contributed by atoms with Crippen molar-refractivity contribution in [2.24, 2.45) is 0 Å². The largest absolute Gasteiger partial charge is 0.396 e. The molecule has 0 fully saturated rings. The Labute approximate surface area is 100 Å². The minimum absolute atomic E-state index is 0.158. The number of thioether (sulfide) groups is 1. The Morgan fingerprint density at radius 1 is 1.38 bits per heavy atom. The molecule has 4 heteroatoms. The Hall–Kier alpha value is -0.740. The molecule has 0 aliphatic rings. The molecule has 16 heavy (non-hydrogen) atoms. The molecular weight excluding hydrogens is 225 g/mol. The van der Waals surface area contributed by atoms with Gasteiger partial charge in [0.1, 0.15) is 5.82 Å². The van der Waals surface area contributed by atoms with E-state index >= 15 is 0 Å². The average molecular weight is 243 g/mol. The number of nitrogen functional groups attached to an aromatic ring is 1. The zero-order valence-electron chi connectivity index (χ0n) is 9.66. The molecule has 90 valence electrons. The van der Waals surface area contributed by atoms with E-state index in [1.807, 2.05) is 13.8 Å². The van der Waals surface area contributed by atoms with E-state index in [0.717, 1.165) is 4.90 Å². The van der Waals surface area contributed by atoms with Crippen LogP contribution >= 0.6 is 11.8 Å². The summed E-state index contributed by atoms with van der Waals surface area (Å²) in [7, 11) is 0. The Morgan fingerprint density at radius 3 is 2.50 bits per heavy atom. The van der Waals surface area contributed by atoms with Gasteiger partial charge in [-0.2, -0.15) is 0 Å². The van der Waals surface area contributed by atoms with Crippen molar-refractivity contribution in [1.29, 1.82) is 0 Å². The second-order valence-electron chi connectivity index (χ2n) is 3.90. The summed E-state index contributed by atoms with van der Waals surface area (Å²) in [6.45, 7) is 3.90. The summed E-state index contributed by atoms with van der Waals surface area (Å²) in [4.78, 5) is 0.798. The predicted molar refractivity (Wildman–Crippen MR) is 67.1 cm³/mol. The van der Waals surface area contributed by atoms with Crippen LogP contribution in [0, 0.1) is 5.82 Å². The van der Waals surface area contributed by atoms with Crippen molar-refractivity contribution in [1.82, 2.24) is 0 Å². The second kappa shape index (κ2) is 5.55. The standard InChI is InChI=1S/C12H18FNOS/c1-3-12(15,4-2)8-16-9-5-6-11(14)10(13)7-9/h5-7,15H,3-4,8,14H2,1-2H3. The maximum Gasteiger partial charge on any atom is 0.147 e. The fourth-order valence-electron chi connectivity index (χ4n) is 1.27. The van der Waals surface area contributed by atoms with E-state index in [2.05, 4.69) is 0 Å². The van der Waals surface area contributed by atoms with Crippen molar-refractivity contribution < 1.29 is 9.50 Å². The number of halogens is 1. The number of hydrogen-bond donors (Lipinski definition) is 2. The molecule has 0 aliphatic carbocycles. The van der Waals surface area contributed by atoms with E-state index in [-0.39, 0.29) is 5.69 Å². The third kappa shape index (κ3) is 3.39. The molecule has 3 N–H and O–H groups in total. The first-order valence-corrected chi connectivity index (χ1v) is 6.39. The Balaban J connectivity index is 2.64. The van der Waals surface area contributed by atoms with Gasteiger partial charge in [-0.25, -0.2) is 4.39 Å². The van der Waals surface area contributed by atoms with E-state index in [1.54, 1.807) is 12.1 Å². The second-order valence-corrected chi connectivity index (χ2v) is 4.95. The van der Waals surface area contributed by atoms with E-state index in [0.29, 0.717) is 18.6 Å². The first-order valence-electron chi connectivity index (χ1n) is 5.41. The van der Waals surface area contributed by atoms with Crippen molar-refractivity contribution in [2.45, 2.75) is 37.2 Å². The summed E-state index contributed by atoms with van der Waals surface area (Å²) in [5.74, 6) is 0.171. The first kappa shape index (κ1) is 13.3. The summed E-state index contributed by atoms with van der Waals surface area (Å²) in [6, 6.07) is 4.73. The number of hydrogen-bond acceptors (Lipinski definition) is 3. The summed E-state index contributed by atoms with van der Waals surface area (Å²) >= 11 is 1.45. The predicted octanol–water partition coefficient (Wildman–Crippen LogP) is 3.05. The summed E-state index contributed by atoms with van der Waals surface area (Å²) in [5, 5.41) is 10.1. The molecule has 0 spiro atoms. The highest BCUT2D eigenvalue weighted by Crippen LogP contribution is 2.28. The van der Waals surface area contributed by atoms with Gasteiger partial charge >= 0.3 is 0 Å². The van der Waals surface area contributed by atoms with Crippen LogP contribution in [0.4, 0.5) is 10.1 Å². The van der Waals surface area contributed by atoms with Crippen molar-refractivity contribution in [2.75, 3.05) is 11.5 Å². The van der Waals surface area contributed by atoms with Crippen LogP contribution in [0.25, 0.3) is 0 Å². The maximum absolute atomic E-state index is 13.2. The lowest BCUT2D eigenvalue weighted by Gasteiger charge is -2.24. The van der Waals surface area contributed by atoms with Gasteiger partial charge < -0.3 is 10.8 Å². The van der Waals surface area contributed by atoms with Crippen LogP contribution in [0.15, 0.2) is 23.1 Å². The van der Waals surface area contributed by atoms with Gasteiger partial charge in [-0.05, 0) is 31.0 Å². The lowest BCUT2D eigenvalue weighted by molar-refractivity contribution is 0.0572. The van der Waals surface area contributed by atoms with Crippen LogP contribution in [0.2, 0.25) is 0 Å². The summed E-state index contributed by atoms with van der Waals surface area (Å²) in [6.07, 6.45) is 1.40. The topological polar surface area (TPSA) is 46.2 Å². The molecule has 0 bridgehead atoms. The Bertz CT molecular complexity index is 353.